The summed E-state index contributed by atoms with van der Waals surface area (Å²) in [7, 11) is 0.432. The van der Waals surface area contributed by atoms with Gasteiger partial charge in [0.25, 0.3) is 5.91 Å². The minimum absolute atomic E-state index is 0.0101. The molecule has 2 aliphatic heterocycles. The van der Waals surface area contributed by atoms with Crippen LogP contribution in [0, 0.1) is 23.7 Å². The predicted octanol–water partition coefficient (Wildman–Crippen LogP) is 6.15. The van der Waals surface area contributed by atoms with Crippen LogP contribution in [0.5, 0.6) is 5.75 Å². The van der Waals surface area contributed by atoms with Crippen molar-refractivity contribution in [3.8, 4) is 5.75 Å². The average Bonchev–Trinajstić information content (AvgIpc) is 3.83. The summed E-state index contributed by atoms with van der Waals surface area (Å²) >= 11 is 6.46. The molecule has 9 nitrogen and oxygen atoms in total. The number of methoxy groups -OCH3 is 2. The number of amides is 1. The minimum atomic E-state index is -3.08. The number of nitrogens with one attached hydrogen (secondary N) is 2. The fraction of sp³-hybridized carbons (Fsp3) is 0.605. The minimum Gasteiger partial charge on any atom is -0.490 e. The smallest absolute Gasteiger partial charge is 0.286 e. The van der Waals surface area contributed by atoms with Gasteiger partial charge in [-0.1, -0.05) is 36.7 Å². The van der Waals surface area contributed by atoms with Gasteiger partial charge in [0.15, 0.2) is 0 Å². The molecule has 2 aromatic carbocycles. The number of carbonyl (C=O) groups excluding carboxylic acids is 1. The molecular weight excluding hydrogens is 660 g/mol. The summed E-state index contributed by atoms with van der Waals surface area (Å²) in [6.07, 6.45) is 11.4. The van der Waals surface area contributed by atoms with Crippen molar-refractivity contribution in [2.24, 2.45) is 28.0 Å². The Kier molecular flexibility index (Phi) is 10.4. The van der Waals surface area contributed by atoms with Gasteiger partial charge in [0.2, 0.25) is 0 Å². The third-order valence-corrected chi connectivity index (χ3v) is 13.8. The summed E-state index contributed by atoms with van der Waals surface area (Å²) in [5.74, 6) is 1.87. The molecule has 1 amide bonds. The van der Waals surface area contributed by atoms with E-state index in [2.05, 4.69) is 50.5 Å². The second kappa shape index (κ2) is 14.6. The molecule has 8 atom stereocenters. The van der Waals surface area contributed by atoms with Crippen molar-refractivity contribution in [3.63, 3.8) is 0 Å². The van der Waals surface area contributed by atoms with E-state index in [0.29, 0.717) is 49.2 Å². The first-order valence-corrected chi connectivity index (χ1v) is 20.0. The lowest BCUT2D eigenvalue weighted by Gasteiger charge is -2.46. The first-order chi connectivity index (χ1) is 23.7. The van der Waals surface area contributed by atoms with E-state index in [-0.39, 0.29) is 23.2 Å². The largest absolute Gasteiger partial charge is 0.490 e. The Labute approximate surface area is 296 Å². The van der Waals surface area contributed by atoms with Crippen LogP contribution < -0.4 is 19.7 Å². The Bertz CT molecular complexity index is 1690. The zero-order valence-corrected chi connectivity index (χ0v) is 30.6. The van der Waals surface area contributed by atoms with Gasteiger partial charge in [-0.15, -0.1) is 4.36 Å². The molecule has 0 radical (unpaired) electrons. The molecule has 2 bridgehead atoms. The number of nitrogens with zero attached hydrogens (tertiary/aromatic N) is 2. The van der Waals surface area contributed by atoms with Crippen LogP contribution >= 0.6 is 11.6 Å². The quantitative estimate of drug-likeness (QED) is 0.263. The Balaban J connectivity index is 1.24. The molecular formula is C38H51ClN4O5S. The molecule has 11 heteroatoms. The monoisotopic (exact) mass is 710 g/mol. The number of fused-ring (bicyclic) bond motifs is 4. The maximum Gasteiger partial charge on any atom is 0.286 e. The van der Waals surface area contributed by atoms with Gasteiger partial charge in [0.1, 0.15) is 15.7 Å². The third kappa shape index (κ3) is 7.60. The molecule has 3 aliphatic carbocycles. The van der Waals surface area contributed by atoms with Gasteiger partial charge >= 0.3 is 0 Å². The van der Waals surface area contributed by atoms with Crippen LogP contribution in [0.3, 0.4) is 0 Å². The second-order valence-corrected chi connectivity index (χ2v) is 17.6. The average molecular weight is 711 g/mol. The highest BCUT2D eigenvalue weighted by molar-refractivity contribution is 7.92. The van der Waals surface area contributed by atoms with Crippen molar-refractivity contribution in [1.29, 1.82) is 0 Å². The summed E-state index contributed by atoms with van der Waals surface area (Å²) in [4.78, 5) is 16.4. The standard InChI is InChI=1S/C38H51ClN4O5S/c1-25-6-4-8-35(47-3)31-12-9-28(31)19-43-22-38(15-5-7-26-16-30(39)11-13-32(26)38)23-48-36-14-10-27(18-34(36)43)37(44)42-49(45,21-25)41-24-40-33-17-29(33)20-46-2/h4,8,10-11,13-14,16,18,25,28-29,31,33,35,40H,5-7,9,12,15,17,19-24H2,1-3H3,(H,41,42,44,45)/b8-4+/t25-,28-,29+,31+,33+,35-,38-,49?/m0/s1. The molecule has 0 aromatic heterocycles. The Morgan fingerprint density at radius 1 is 1.18 bits per heavy atom. The first-order valence-electron chi connectivity index (χ1n) is 18.0. The van der Waals surface area contributed by atoms with E-state index in [4.69, 9.17) is 25.8 Å². The van der Waals surface area contributed by atoms with Crippen molar-refractivity contribution in [2.75, 3.05) is 57.8 Å². The van der Waals surface area contributed by atoms with Crippen LogP contribution in [0.1, 0.15) is 66.9 Å². The van der Waals surface area contributed by atoms with Crippen molar-refractivity contribution < 1.29 is 23.2 Å². The van der Waals surface area contributed by atoms with Crippen molar-refractivity contribution in [3.05, 3.63) is 70.3 Å². The third-order valence-electron chi connectivity index (χ3n) is 11.5. The zero-order valence-electron chi connectivity index (χ0n) is 29.0. The van der Waals surface area contributed by atoms with Crippen molar-refractivity contribution in [1.82, 2.24) is 10.0 Å². The lowest BCUT2D eigenvalue weighted by Crippen LogP contribution is -2.49. The maximum absolute atomic E-state index is 14.4. The highest BCUT2D eigenvalue weighted by Gasteiger charge is 2.44. The summed E-state index contributed by atoms with van der Waals surface area (Å²) in [5, 5.41) is 4.18. The van der Waals surface area contributed by atoms with E-state index in [9.17, 15) is 9.00 Å². The summed E-state index contributed by atoms with van der Waals surface area (Å²) < 4.78 is 40.0. The van der Waals surface area contributed by atoms with Crippen LogP contribution in [0.15, 0.2) is 52.9 Å². The number of halogens is 1. The van der Waals surface area contributed by atoms with Crippen molar-refractivity contribution in [2.45, 2.75) is 69.4 Å². The number of carbonyl (C=O) groups is 1. The fourth-order valence-corrected chi connectivity index (χ4v) is 10.6. The van der Waals surface area contributed by atoms with Crippen LogP contribution in [-0.4, -0.2) is 75.2 Å². The van der Waals surface area contributed by atoms with Crippen LogP contribution in [-0.2, 0) is 31.2 Å². The molecule has 1 spiro atoms. The lowest BCUT2D eigenvalue weighted by atomic mass is 9.68. The number of hydrogen-bond acceptors (Lipinski definition) is 7. The molecule has 2 aromatic rings. The van der Waals surface area contributed by atoms with Gasteiger partial charge in [0.05, 0.1) is 31.7 Å². The molecule has 2 saturated carbocycles. The number of rotatable bonds is 7. The first kappa shape index (κ1) is 35.0. The number of aryl methyl sites for hydroxylation is 1. The number of ether oxygens (including phenoxy) is 3. The summed E-state index contributed by atoms with van der Waals surface area (Å²) in [6.45, 7) is 5.22. The van der Waals surface area contributed by atoms with Gasteiger partial charge < -0.3 is 24.4 Å². The molecule has 49 heavy (non-hydrogen) atoms. The lowest BCUT2D eigenvalue weighted by molar-refractivity contribution is 0.0131. The molecule has 266 valence electrons. The highest BCUT2D eigenvalue weighted by atomic mass is 35.5. The number of anilines is 1. The normalized spacial score (nSPS) is 34.9. The van der Waals surface area contributed by atoms with Gasteiger partial charge in [0, 0.05) is 55.1 Å². The molecule has 7 rings (SSSR count). The van der Waals surface area contributed by atoms with Crippen LogP contribution in [0.4, 0.5) is 5.69 Å². The van der Waals surface area contributed by atoms with Gasteiger partial charge in [-0.2, -0.15) is 0 Å². The van der Waals surface area contributed by atoms with Gasteiger partial charge in [-0.25, -0.2) is 8.93 Å². The maximum atomic E-state index is 14.4. The molecule has 0 saturated heterocycles. The Hall–Kier alpha value is -2.47. The van der Waals surface area contributed by atoms with E-state index in [1.54, 1.807) is 20.3 Å². The Morgan fingerprint density at radius 2 is 2.06 bits per heavy atom. The van der Waals surface area contributed by atoms with E-state index in [1.165, 1.54) is 11.1 Å². The Morgan fingerprint density at radius 3 is 2.86 bits per heavy atom. The molecule has 2 N–H and O–H groups in total. The fourth-order valence-electron chi connectivity index (χ4n) is 8.58. The van der Waals surface area contributed by atoms with Gasteiger partial charge in [-0.05, 0) is 110 Å². The summed E-state index contributed by atoms with van der Waals surface area (Å²) in [6, 6.07) is 12.2. The summed E-state index contributed by atoms with van der Waals surface area (Å²) in [5.41, 5.74) is 3.71. The van der Waals surface area contributed by atoms with E-state index in [1.807, 2.05) is 18.2 Å². The van der Waals surface area contributed by atoms with E-state index < -0.39 is 15.8 Å². The van der Waals surface area contributed by atoms with Crippen LogP contribution in [0.25, 0.3) is 0 Å². The molecule has 5 aliphatic rings. The van der Waals surface area contributed by atoms with E-state index >= 15 is 0 Å². The number of hydrogen-bond donors (Lipinski definition) is 2. The predicted molar refractivity (Wildman–Crippen MR) is 195 cm³/mol. The van der Waals surface area contributed by atoms with Crippen LogP contribution in [0.2, 0.25) is 5.02 Å². The second-order valence-electron chi connectivity index (χ2n) is 15.0. The van der Waals surface area contributed by atoms with E-state index in [0.717, 1.165) is 74.5 Å². The zero-order chi connectivity index (χ0) is 34.2. The highest BCUT2D eigenvalue weighted by Crippen LogP contribution is 2.47. The number of allylic oxidation sites excluding steroid dienone is 1. The molecule has 1 unspecified atom stereocenters. The molecule has 2 heterocycles. The van der Waals surface area contributed by atoms with Gasteiger partial charge in [-0.3, -0.25) is 4.79 Å². The topological polar surface area (TPSA) is 101 Å². The molecule has 2 fully saturated rings. The number of benzene rings is 2. The van der Waals surface area contributed by atoms with Crippen molar-refractivity contribution >= 4 is 33.1 Å². The SMILES string of the molecule is COC[C@H]1C[C@H]1NCNS1(=O)=NC(=O)c2ccc3c(c2)N(C[C@@H]2CC[C@H]2[C@@H](OC)/C=C/C[C@H](C)C1)C[C@@]1(CCCc2cc(Cl)ccc21)CO3.